The van der Waals surface area contributed by atoms with Crippen LogP contribution in [0.1, 0.15) is 58.9 Å². The molecule has 1 aromatic carbocycles. The highest BCUT2D eigenvalue weighted by molar-refractivity contribution is 6.33. The molecule has 2 amide bonds. The van der Waals surface area contributed by atoms with Crippen LogP contribution in [0.25, 0.3) is 0 Å². The molecule has 2 aliphatic rings. The Balaban J connectivity index is 1.65. The molecule has 142 valence electrons. The summed E-state index contributed by atoms with van der Waals surface area (Å²) in [6, 6.07) is 7.11. The number of imidazole rings is 1. The number of hydrogen-bond donors (Lipinski definition) is 1. The summed E-state index contributed by atoms with van der Waals surface area (Å²) in [7, 11) is 0. The number of carbonyl (C=O) groups is 2. The molecule has 4 rings (SSSR count). The van der Waals surface area contributed by atoms with Crippen molar-refractivity contribution in [1.82, 2.24) is 14.5 Å². The van der Waals surface area contributed by atoms with Gasteiger partial charge in [-0.25, -0.2) is 4.98 Å². The van der Waals surface area contributed by atoms with Gasteiger partial charge in [-0.15, -0.1) is 0 Å². The lowest BCUT2D eigenvalue weighted by Crippen LogP contribution is -2.37. The van der Waals surface area contributed by atoms with Gasteiger partial charge in [0.25, 0.3) is 11.8 Å². The molecule has 0 saturated carbocycles. The maximum atomic E-state index is 13.0. The number of nitrogens with one attached hydrogen (secondary N) is 1. The van der Waals surface area contributed by atoms with Gasteiger partial charge < -0.3 is 14.8 Å². The quantitative estimate of drug-likeness (QED) is 0.873. The van der Waals surface area contributed by atoms with Gasteiger partial charge in [0, 0.05) is 19.6 Å². The summed E-state index contributed by atoms with van der Waals surface area (Å²) in [5.41, 5.74) is 1.74. The summed E-state index contributed by atoms with van der Waals surface area (Å²) in [5, 5.41) is 3.31. The lowest BCUT2D eigenvalue weighted by molar-refractivity contribution is 0.0705. The molecular formula is C20H23ClN4O2. The molecule has 1 N–H and O–H groups in total. The van der Waals surface area contributed by atoms with Crippen LogP contribution in [0.3, 0.4) is 0 Å². The molecule has 2 aromatic rings. The van der Waals surface area contributed by atoms with Crippen molar-refractivity contribution in [3.8, 4) is 0 Å². The third kappa shape index (κ3) is 3.58. The van der Waals surface area contributed by atoms with Crippen LogP contribution < -0.4 is 5.32 Å². The van der Waals surface area contributed by atoms with Crippen molar-refractivity contribution in [3.05, 3.63) is 46.5 Å². The summed E-state index contributed by atoms with van der Waals surface area (Å²) >= 11 is 6.16. The zero-order valence-corrected chi connectivity index (χ0v) is 16.0. The number of nitrogens with zero attached hydrogens (tertiary/aromatic N) is 3. The maximum absolute atomic E-state index is 13.0. The molecule has 2 aliphatic heterocycles. The lowest BCUT2D eigenvalue weighted by Gasteiger charge is -2.27. The molecule has 0 unspecified atom stereocenters. The van der Waals surface area contributed by atoms with Gasteiger partial charge in [0.15, 0.2) is 11.5 Å². The first-order valence-corrected chi connectivity index (χ1v) is 9.97. The second-order valence-electron chi connectivity index (χ2n) is 7.13. The number of carbonyl (C=O) groups excluding carboxylic acids is 2. The fraction of sp³-hybridized carbons (Fsp3) is 0.450. The first-order valence-electron chi connectivity index (χ1n) is 9.59. The fourth-order valence-corrected chi connectivity index (χ4v) is 4.05. The van der Waals surface area contributed by atoms with E-state index in [1.54, 1.807) is 12.1 Å². The normalized spacial score (nSPS) is 16.7. The van der Waals surface area contributed by atoms with E-state index in [0.717, 1.165) is 63.9 Å². The number of amides is 2. The molecule has 1 saturated heterocycles. The summed E-state index contributed by atoms with van der Waals surface area (Å²) in [6.07, 6.45) is 5.96. The Morgan fingerprint density at radius 1 is 1.00 bits per heavy atom. The van der Waals surface area contributed by atoms with Gasteiger partial charge in [0.2, 0.25) is 0 Å². The van der Waals surface area contributed by atoms with Gasteiger partial charge in [-0.3, -0.25) is 9.59 Å². The maximum Gasteiger partial charge on any atom is 0.289 e. The van der Waals surface area contributed by atoms with E-state index in [2.05, 4.69) is 10.3 Å². The van der Waals surface area contributed by atoms with Crippen LogP contribution in [0.4, 0.5) is 5.69 Å². The summed E-state index contributed by atoms with van der Waals surface area (Å²) in [6.45, 7) is 2.26. The summed E-state index contributed by atoms with van der Waals surface area (Å²) in [4.78, 5) is 32.3. The first kappa shape index (κ1) is 18.0. The largest absolute Gasteiger partial charge is 0.336 e. The predicted molar refractivity (Wildman–Crippen MR) is 104 cm³/mol. The number of benzene rings is 1. The van der Waals surface area contributed by atoms with Crippen LogP contribution in [0.15, 0.2) is 24.3 Å². The zero-order chi connectivity index (χ0) is 18.8. The highest BCUT2D eigenvalue weighted by Gasteiger charge is 2.30. The van der Waals surface area contributed by atoms with Crippen LogP contribution in [0.5, 0.6) is 0 Å². The molecule has 0 spiro atoms. The lowest BCUT2D eigenvalue weighted by atomic mass is 10.1. The number of para-hydroxylation sites is 1. The van der Waals surface area contributed by atoms with Crippen LogP contribution in [0, 0.1) is 0 Å². The van der Waals surface area contributed by atoms with Crippen molar-refractivity contribution < 1.29 is 9.59 Å². The number of hydrogen-bond acceptors (Lipinski definition) is 3. The number of aromatic nitrogens is 2. The molecule has 0 bridgehead atoms. The van der Waals surface area contributed by atoms with Gasteiger partial charge in [-0.1, -0.05) is 23.7 Å². The van der Waals surface area contributed by atoms with E-state index in [0.29, 0.717) is 22.2 Å². The van der Waals surface area contributed by atoms with Crippen molar-refractivity contribution in [3.63, 3.8) is 0 Å². The van der Waals surface area contributed by atoms with Gasteiger partial charge >= 0.3 is 0 Å². The highest BCUT2D eigenvalue weighted by Crippen LogP contribution is 2.25. The highest BCUT2D eigenvalue weighted by atomic mass is 35.5. The molecule has 6 nitrogen and oxygen atoms in total. The molecule has 1 aromatic heterocycles. The Labute approximate surface area is 163 Å². The van der Waals surface area contributed by atoms with E-state index in [4.69, 9.17) is 11.6 Å². The SMILES string of the molecule is O=C(Nc1ccccc1Cl)c1nc(C(=O)N2CCCCC2)n2c1CCCC2. The molecule has 7 heteroatoms. The number of piperidine rings is 1. The minimum Gasteiger partial charge on any atom is -0.336 e. The Kier molecular flexibility index (Phi) is 5.16. The van der Waals surface area contributed by atoms with E-state index in [-0.39, 0.29) is 11.8 Å². The second-order valence-corrected chi connectivity index (χ2v) is 7.53. The van der Waals surface area contributed by atoms with Crippen LogP contribution in [-0.4, -0.2) is 39.4 Å². The van der Waals surface area contributed by atoms with Crippen molar-refractivity contribution in [2.75, 3.05) is 18.4 Å². The Hall–Kier alpha value is -2.34. The van der Waals surface area contributed by atoms with E-state index in [9.17, 15) is 9.59 Å². The van der Waals surface area contributed by atoms with E-state index in [1.165, 1.54) is 0 Å². The first-order chi connectivity index (χ1) is 13.1. The van der Waals surface area contributed by atoms with Crippen molar-refractivity contribution in [2.24, 2.45) is 0 Å². The van der Waals surface area contributed by atoms with Crippen LogP contribution in [0.2, 0.25) is 5.02 Å². The number of halogens is 1. The topological polar surface area (TPSA) is 67.2 Å². The number of rotatable bonds is 3. The van der Waals surface area contributed by atoms with Gasteiger partial charge in [-0.05, 0) is 50.7 Å². The molecule has 1 fully saturated rings. The van der Waals surface area contributed by atoms with Gasteiger partial charge in [0.1, 0.15) is 0 Å². The molecule has 0 atom stereocenters. The number of anilines is 1. The van der Waals surface area contributed by atoms with Crippen molar-refractivity contribution >= 4 is 29.1 Å². The van der Waals surface area contributed by atoms with Gasteiger partial charge in [0.05, 0.1) is 16.4 Å². The summed E-state index contributed by atoms with van der Waals surface area (Å²) in [5.74, 6) is 0.0250. The third-order valence-corrected chi connectivity index (χ3v) is 5.62. The smallest absolute Gasteiger partial charge is 0.289 e. The Bertz CT molecular complexity index is 871. The Morgan fingerprint density at radius 2 is 1.74 bits per heavy atom. The number of fused-ring (bicyclic) bond motifs is 1. The third-order valence-electron chi connectivity index (χ3n) is 5.29. The van der Waals surface area contributed by atoms with Crippen molar-refractivity contribution in [1.29, 1.82) is 0 Å². The minimum atomic E-state index is -0.313. The predicted octanol–water partition coefficient (Wildman–Crippen LogP) is 3.75. The fourth-order valence-electron chi connectivity index (χ4n) is 3.87. The van der Waals surface area contributed by atoms with E-state index < -0.39 is 0 Å². The zero-order valence-electron chi connectivity index (χ0n) is 15.2. The molecular weight excluding hydrogens is 364 g/mol. The molecule has 0 aliphatic carbocycles. The van der Waals surface area contributed by atoms with Crippen LogP contribution in [-0.2, 0) is 13.0 Å². The molecule has 0 radical (unpaired) electrons. The van der Waals surface area contributed by atoms with Crippen LogP contribution >= 0.6 is 11.6 Å². The second kappa shape index (κ2) is 7.72. The van der Waals surface area contributed by atoms with E-state index in [1.807, 2.05) is 21.6 Å². The minimum absolute atomic E-state index is 0.0605. The average molecular weight is 387 g/mol. The molecule has 3 heterocycles. The number of likely N-dealkylation sites (tertiary alicyclic amines) is 1. The Morgan fingerprint density at radius 3 is 2.52 bits per heavy atom. The standard InChI is InChI=1S/C20H23ClN4O2/c21-14-8-2-3-9-15(14)22-19(26)17-16-10-4-7-13-25(16)18(23-17)20(27)24-11-5-1-6-12-24/h2-3,8-9H,1,4-7,10-13H2,(H,22,26). The van der Waals surface area contributed by atoms with Gasteiger partial charge in [-0.2, -0.15) is 0 Å². The summed E-state index contributed by atoms with van der Waals surface area (Å²) < 4.78 is 1.95. The van der Waals surface area contributed by atoms with E-state index >= 15 is 0 Å². The monoisotopic (exact) mass is 386 g/mol. The average Bonchev–Trinajstić information content (AvgIpc) is 3.10. The molecule has 27 heavy (non-hydrogen) atoms. The van der Waals surface area contributed by atoms with Crippen molar-refractivity contribution in [2.45, 2.75) is 45.1 Å².